The molecule has 0 radical (unpaired) electrons. The zero-order valence-electron chi connectivity index (χ0n) is 13.8. The minimum Gasteiger partial charge on any atom is -0.459 e. The van der Waals surface area contributed by atoms with Gasteiger partial charge in [0.25, 0.3) is 0 Å². The molecule has 5 nitrogen and oxygen atoms in total. The van der Waals surface area contributed by atoms with E-state index in [1.165, 1.54) is 6.08 Å². The summed E-state index contributed by atoms with van der Waals surface area (Å²) in [5.41, 5.74) is 0.895. The second kappa shape index (κ2) is 9.33. The van der Waals surface area contributed by atoms with Gasteiger partial charge in [0.1, 0.15) is 6.10 Å². The molecule has 1 aliphatic carbocycles. The van der Waals surface area contributed by atoms with Gasteiger partial charge in [0.05, 0.1) is 0 Å². The van der Waals surface area contributed by atoms with E-state index in [0.29, 0.717) is 11.6 Å². The Labute approximate surface area is 147 Å². The fourth-order valence-electron chi connectivity index (χ4n) is 2.66. The smallest absolute Gasteiger partial charge is 0.331 e. The highest BCUT2D eigenvalue weighted by atomic mass is 35.5. The standard InChI is InChI=1S/C18H23ClN2O3/c1-2-20-18(23)21-15-8-10-16(11-9-15)24-17(22)12-5-13-3-6-14(19)7-4-13/h3-7,12,15-16H,2,8-11H2,1H3,(H2,20,21,23)/b12-5+. The molecule has 130 valence electrons. The zero-order chi connectivity index (χ0) is 17.4. The van der Waals surface area contributed by atoms with Crippen LogP contribution in [0.15, 0.2) is 30.3 Å². The Balaban J connectivity index is 1.72. The Bertz CT molecular complexity index is 578. The number of hydrogen-bond acceptors (Lipinski definition) is 3. The van der Waals surface area contributed by atoms with Crippen molar-refractivity contribution in [3.63, 3.8) is 0 Å². The number of hydrogen-bond donors (Lipinski definition) is 2. The lowest BCUT2D eigenvalue weighted by molar-refractivity contribution is -0.144. The number of esters is 1. The number of urea groups is 1. The van der Waals surface area contributed by atoms with Gasteiger partial charge in [-0.3, -0.25) is 0 Å². The van der Waals surface area contributed by atoms with Gasteiger partial charge >= 0.3 is 12.0 Å². The van der Waals surface area contributed by atoms with Gasteiger partial charge in [-0.1, -0.05) is 23.7 Å². The number of ether oxygens (including phenoxy) is 1. The zero-order valence-corrected chi connectivity index (χ0v) is 14.5. The Morgan fingerprint density at radius 3 is 2.50 bits per heavy atom. The van der Waals surface area contributed by atoms with Crippen LogP contribution >= 0.6 is 11.6 Å². The van der Waals surface area contributed by atoms with Crippen LogP contribution in [0.2, 0.25) is 5.02 Å². The molecule has 1 aromatic rings. The molecule has 1 saturated carbocycles. The predicted molar refractivity (Wildman–Crippen MR) is 94.8 cm³/mol. The van der Waals surface area contributed by atoms with Gasteiger partial charge in [-0.2, -0.15) is 0 Å². The van der Waals surface area contributed by atoms with E-state index in [4.69, 9.17) is 16.3 Å². The highest BCUT2D eigenvalue weighted by molar-refractivity contribution is 6.30. The molecule has 1 aliphatic rings. The highest BCUT2D eigenvalue weighted by Gasteiger charge is 2.24. The first kappa shape index (κ1) is 18.3. The lowest BCUT2D eigenvalue weighted by Crippen LogP contribution is -2.44. The third-order valence-corrected chi connectivity index (χ3v) is 4.16. The van der Waals surface area contributed by atoms with Crippen LogP contribution in [-0.2, 0) is 9.53 Å². The molecular formula is C18H23ClN2O3. The molecule has 2 rings (SSSR count). The molecule has 1 aromatic carbocycles. The van der Waals surface area contributed by atoms with Crippen LogP contribution in [-0.4, -0.2) is 30.7 Å². The Morgan fingerprint density at radius 2 is 1.88 bits per heavy atom. The fraction of sp³-hybridized carbons (Fsp3) is 0.444. The molecule has 0 aliphatic heterocycles. The van der Waals surface area contributed by atoms with Crippen LogP contribution in [0, 0.1) is 0 Å². The maximum atomic E-state index is 11.9. The number of carbonyl (C=O) groups excluding carboxylic acids is 2. The summed E-state index contributed by atoms with van der Waals surface area (Å²) >= 11 is 5.82. The molecule has 0 saturated heterocycles. The summed E-state index contributed by atoms with van der Waals surface area (Å²) in [5.74, 6) is -0.343. The number of nitrogens with one attached hydrogen (secondary N) is 2. The second-order valence-electron chi connectivity index (χ2n) is 5.80. The molecule has 2 amide bonds. The average Bonchev–Trinajstić information content (AvgIpc) is 2.56. The number of amides is 2. The van der Waals surface area contributed by atoms with Gasteiger partial charge in [0.2, 0.25) is 0 Å². The van der Waals surface area contributed by atoms with Crippen LogP contribution in [0.5, 0.6) is 0 Å². The molecule has 0 heterocycles. The molecule has 0 bridgehead atoms. The van der Waals surface area contributed by atoms with Crippen molar-refractivity contribution in [1.29, 1.82) is 0 Å². The van der Waals surface area contributed by atoms with E-state index in [-0.39, 0.29) is 24.1 Å². The summed E-state index contributed by atoms with van der Waals surface area (Å²) in [5, 5.41) is 6.31. The number of halogens is 1. The van der Waals surface area contributed by atoms with Gasteiger partial charge in [0.15, 0.2) is 0 Å². The molecule has 24 heavy (non-hydrogen) atoms. The van der Waals surface area contributed by atoms with Crippen molar-refractivity contribution >= 4 is 29.7 Å². The van der Waals surface area contributed by atoms with Gasteiger partial charge < -0.3 is 15.4 Å². The normalized spacial score (nSPS) is 20.6. The third-order valence-electron chi connectivity index (χ3n) is 3.91. The molecule has 0 spiro atoms. The SMILES string of the molecule is CCNC(=O)NC1CCC(OC(=O)/C=C/c2ccc(Cl)cc2)CC1. The monoisotopic (exact) mass is 350 g/mol. The topological polar surface area (TPSA) is 67.4 Å². The lowest BCUT2D eigenvalue weighted by atomic mass is 9.93. The highest BCUT2D eigenvalue weighted by Crippen LogP contribution is 2.21. The summed E-state index contributed by atoms with van der Waals surface area (Å²) < 4.78 is 5.46. The van der Waals surface area contributed by atoms with E-state index in [1.807, 2.05) is 19.1 Å². The first-order valence-corrected chi connectivity index (χ1v) is 8.63. The van der Waals surface area contributed by atoms with Gasteiger partial charge in [-0.15, -0.1) is 0 Å². The first-order chi connectivity index (χ1) is 11.6. The van der Waals surface area contributed by atoms with Gasteiger partial charge in [-0.25, -0.2) is 9.59 Å². The fourth-order valence-corrected chi connectivity index (χ4v) is 2.79. The van der Waals surface area contributed by atoms with E-state index in [1.54, 1.807) is 18.2 Å². The van der Waals surface area contributed by atoms with Crippen LogP contribution in [0.4, 0.5) is 4.79 Å². The maximum absolute atomic E-state index is 11.9. The van der Waals surface area contributed by atoms with Gasteiger partial charge in [0, 0.05) is 23.7 Å². The Kier molecular flexibility index (Phi) is 7.12. The van der Waals surface area contributed by atoms with Crippen LogP contribution < -0.4 is 10.6 Å². The van der Waals surface area contributed by atoms with Crippen molar-refractivity contribution < 1.29 is 14.3 Å². The molecule has 0 aromatic heterocycles. The quantitative estimate of drug-likeness (QED) is 0.630. The molecule has 2 N–H and O–H groups in total. The first-order valence-electron chi connectivity index (χ1n) is 8.25. The molecule has 6 heteroatoms. The third kappa shape index (κ3) is 6.24. The Hall–Kier alpha value is -2.01. The van der Waals surface area contributed by atoms with Crippen LogP contribution in [0.3, 0.4) is 0 Å². The maximum Gasteiger partial charge on any atom is 0.331 e. The predicted octanol–water partition coefficient (Wildman–Crippen LogP) is 3.53. The molecular weight excluding hydrogens is 328 g/mol. The van der Waals surface area contributed by atoms with Gasteiger partial charge in [-0.05, 0) is 56.4 Å². The number of benzene rings is 1. The summed E-state index contributed by atoms with van der Waals surface area (Å²) in [6.45, 7) is 2.49. The number of rotatable bonds is 5. The molecule has 0 atom stereocenters. The van der Waals surface area contributed by atoms with Crippen molar-refractivity contribution in [2.24, 2.45) is 0 Å². The van der Waals surface area contributed by atoms with Crippen molar-refractivity contribution in [2.75, 3.05) is 6.54 Å². The lowest BCUT2D eigenvalue weighted by Gasteiger charge is -2.28. The van der Waals surface area contributed by atoms with Crippen LogP contribution in [0.25, 0.3) is 6.08 Å². The second-order valence-corrected chi connectivity index (χ2v) is 6.24. The van der Waals surface area contributed by atoms with E-state index in [2.05, 4.69) is 10.6 Å². The van der Waals surface area contributed by atoms with Crippen molar-refractivity contribution in [3.05, 3.63) is 40.9 Å². The largest absolute Gasteiger partial charge is 0.459 e. The number of carbonyl (C=O) groups is 2. The summed E-state index contributed by atoms with van der Waals surface area (Å²) in [4.78, 5) is 23.4. The van der Waals surface area contributed by atoms with Crippen molar-refractivity contribution in [3.8, 4) is 0 Å². The summed E-state index contributed by atoms with van der Waals surface area (Å²) in [6, 6.07) is 7.24. The molecule has 0 unspecified atom stereocenters. The summed E-state index contributed by atoms with van der Waals surface area (Å²) in [6.07, 6.45) is 6.21. The van der Waals surface area contributed by atoms with Crippen LogP contribution in [0.1, 0.15) is 38.2 Å². The minimum atomic E-state index is -0.343. The van der Waals surface area contributed by atoms with E-state index in [0.717, 1.165) is 31.2 Å². The van der Waals surface area contributed by atoms with E-state index < -0.39 is 0 Å². The average molecular weight is 351 g/mol. The minimum absolute atomic E-state index is 0.0837. The van der Waals surface area contributed by atoms with Crippen molar-refractivity contribution in [1.82, 2.24) is 10.6 Å². The van der Waals surface area contributed by atoms with E-state index in [9.17, 15) is 9.59 Å². The molecule has 1 fully saturated rings. The van der Waals surface area contributed by atoms with E-state index >= 15 is 0 Å². The van der Waals surface area contributed by atoms with Crippen molar-refractivity contribution in [2.45, 2.75) is 44.8 Å². The Morgan fingerprint density at radius 1 is 1.21 bits per heavy atom. The summed E-state index contributed by atoms with van der Waals surface area (Å²) in [7, 11) is 0.